The van der Waals surface area contributed by atoms with Crippen molar-refractivity contribution in [1.82, 2.24) is 9.38 Å². The minimum atomic E-state index is -3.67. The molecule has 24 heavy (non-hydrogen) atoms. The minimum absolute atomic E-state index is 0.144. The Morgan fingerprint density at radius 1 is 1.04 bits per heavy atom. The third kappa shape index (κ3) is 2.37. The standard InChI is InChI=1S/C16H12N4O3S/c21-16-9-12(18-15-7-3-4-8-20(15)16)10-19-11-17-24(22,23)14-6-2-1-5-13(14)19/h1-9,11H,10H2. The van der Waals surface area contributed by atoms with E-state index in [9.17, 15) is 13.2 Å². The molecule has 1 aliphatic rings. The van der Waals surface area contributed by atoms with Gasteiger partial charge in [0.1, 0.15) is 16.9 Å². The van der Waals surface area contributed by atoms with E-state index in [1.165, 1.54) is 22.9 Å². The van der Waals surface area contributed by atoms with Crippen LogP contribution in [0.25, 0.3) is 5.65 Å². The molecule has 1 aromatic carbocycles. The van der Waals surface area contributed by atoms with Crippen LogP contribution in [0, 0.1) is 0 Å². The molecule has 8 heteroatoms. The zero-order valence-electron chi connectivity index (χ0n) is 12.4. The number of para-hydroxylation sites is 1. The molecule has 0 aliphatic carbocycles. The van der Waals surface area contributed by atoms with Crippen molar-refractivity contribution in [2.75, 3.05) is 4.90 Å². The molecule has 4 rings (SSSR count). The summed E-state index contributed by atoms with van der Waals surface area (Å²) in [5.41, 5.74) is 1.40. The Morgan fingerprint density at radius 3 is 2.71 bits per heavy atom. The second-order valence-electron chi connectivity index (χ2n) is 5.31. The number of pyridine rings is 1. The zero-order chi connectivity index (χ0) is 16.7. The Bertz CT molecular complexity index is 1140. The van der Waals surface area contributed by atoms with Gasteiger partial charge < -0.3 is 4.90 Å². The van der Waals surface area contributed by atoms with E-state index in [1.807, 2.05) is 0 Å². The summed E-state index contributed by atoms with van der Waals surface area (Å²) >= 11 is 0. The fourth-order valence-electron chi connectivity index (χ4n) is 2.64. The maximum Gasteiger partial charge on any atom is 0.285 e. The van der Waals surface area contributed by atoms with Gasteiger partial charge in [0.05, 0.1) is 17.9 Å². The highest BCUT2D eigenvalue weighted by molar-refractivity contribution is 7.90. The average Bonchev–Trinajstić information content (AvgIpc) is 2.58. The largest absolute Gasteiger partial charge is 0.324 e. The van der Waals surface area contributed by atoms with E-state index in [0.717, 1.165) is 0 Å². The van der Waals surface area contributed by atoms with Crippen molar-refractivity contribution in [2.24, 2.45) is 4.40 Å². The third-order valence-electron chi connectivity index (χ3n) is 3.73. The maximum atomic E-state index is 12.2. The van der Waals surface area contributed by atoms with Crippen LogP contribution >= 0.6 is 0 Å². The number of sulfonamides is 1. The molecule has 7 nitrogen and oxygen atoms in total. The second-order valence-corrected chi connectivity index (χ2v) is 6.91. The van der Waals surface area contributed by atoms with E-state index in [2.05, 4.69) is 9.38 Å². The predicted octanol–water partition coefficient (Wildman–Crippen LogP) is 1.43. The number of hydrogen-bond acceptors (Lipinski definition) is 5. The Labute approximate surface area is 137 Å². The van der Waals surface area contributed by atoms with Gasteiger partial charge in [0.25, 0.3) is 15.6 Å². The van der Waals surface area contributed by atoms with Gasteiger partial charge in [0.2, 0.25) is 0 Å². The van der Waals surface area contributed by atoms with Crippen LogP contribution in [-0.4, -0.2) is 24.1 Å². The second kappa shape index (κ2) is 5.27. The van der Waals surface area contributed by atoms with Crippen LogP contribution in [0.3, 0.4) is 0 Å². The van der Waals surface area contributed by atoms with Crippen molar-refractivity contribution >= 4 is 27.7 Å². The number of fused-ring (bicyclic) bond motifs is 2. The van der Waals surface area contributed by atoms with Crippen LogP contribution in [0.4, 0.5) is 5.69 Å². The molecular formula is C16H12N4O3S. The van der Waals surface area contributed by atoms with Crippen LogP contribution in [0.1, 0.15) is 5.69 Å². The van der Waals surface area contributed by atoms with E-state index >= 15 is 0 Å². The summed E-state index contributed by atoms with van der Waals surface area (Å²) in [5, 5.41) is 0. The fourth-order valence-corrected chi connectivity index (χ4v) is 3.69. The smallest absolute Gasteiger partial charge is 0.285 e. The molecule has 0 saturated carbocycles. The van der Waals surface area contributed by atoms with Crippen molar-refractivity contribution in [3.8, 4) is 0 Å². The predicted molar refractivity (Wildman–Crippen MR) is 89.8 cm³/mol. The molecule has 0 spiro atoms. The van der Waals surface area contributed by atoms with E-state index in [0.29, 0.717) is 17.0 Å². The van der Waals surface area contributed by atoms with E-state index in [4.69, 9.17) is 0 Å². The summed E-state index contributed by atoms with van der Waals surface area (Å²) in [5.74, 6) is 0. The number of anilines is 1. The molecule has 0 unspecified atom stereocenters. The Hall–Kier alpha value is -3.00. The quantitative estimate of drug-likeness (QED) is 0.705. The lowest BCUT2D eigenvalue weighted by Crippen LogP contribution is -2.28. The lowest BCUT2D eigenvalue weighted by molar-refractivity contribution is 0.597. The van der Waals surface area contributed by atoms with E-state index < -0.39 is 10.0 Å². The molecular weight excluding hydrogens is 328 g/mol. The number of benzene rings is 1. The molecule has 0 saturated heterocycles. The number of rotatable bonds is 2. The first-order valence-electron chi connectivity index (χ1n) is 7.18. The van der Waals surface area contributed by atoms with Crippen LogP contribution < -0.4 is 10.5 Å². The average molecular weight is 340 g/mol. The summed E-state index contributed by atoms with van der Waals surface area (Å²) in [6, 6.07) is 13.4. The van der Waals surface area contributed by atoms with Gasteiger partial charge in [0.15, 0.2) is 0 Å². The van der Waals surface area contributed by atoms with Gasteiger partial charge in [-0.05, 0) is 24.3 Å². The lowest BCUT2D eigenvalue weighted by atomic mass is 10.2. The Balaban J connectivity index is 1.78. The van der Waals surface area contributed by atoms with Crippen molar-refractivity contribution in [3.05, 3.63) is 70.8 Å². The molecule has 3 aromatic rings. The van der Waals surface area contributed by atoms with Crippen LogP contribution in [0.15, 0.2) is 68.8 Å². The Kier molecular flexibility index (Phi) is 3.20. The molecule has 120 valence electrons. The number of nitrogens with zero attached hydrogens (tertiary/aromatic N) is 4. The first-order chi connectivity index (χ1) is 11.5. The number of hydrogen-bond donors (Lipinski definition) is 0. The molecule has 2 aromatic heterocycles. The number of aromatic nitrogens is 2. The van der Waals surface area contributed by atoms with Crippen molar-refractivity contribution in [2.45, 2.75) is 11.4 Å². The summed E-state index contributed by atoms with van der Waals surface area (Å²) in [7, 11) is -3.67. The molecule has 0 bridgehead atoms. The monoisotopic (exact) mass is 340 g/mol. The summed E-state index contributed by atoms with van der Waals surface area (Å²) in [4.78, 5) is 18.4. The minimum Gasteiger partial charge on any atom is -0.324 e. The van der Waals surface area contributed by atoms with Gasteiger partial charge >= 0.3 is 0 Å². The normalized spacial score (nSPS) is 15.4. The van der Waals surface area contributed by atoms with Crippen LogP contribution in [-0.2, 0) is 16.6 Å². The van der Waals surface area contributed by atoms with Crippen molar-refractivity contribution < 1.29 is 8.42 Å². The molecule has 0 fully saturated rings. The molecule has 3 heterocycles. The molecule has 0 radical (unpaired) electrons. The molecule has 0 amide bonds. The summed E-state index contributed by atoms with van der Waals surface area (Å²) < 4.78 is 29.1. The van der Waals surface area contributed by atoms with Gasteiger partial charge in [-0.25, -0.2) is 4.98 Å². The van der Waals surface area contributed by atoms with Gasteiger partial charge in [-0.15, -0.1) is 4.40 Å². The zero-order valence-corrected chi connectivity index (χ0v) is 13.2. The first kappa shape index (κ1) is 14.6. The van der Waals surface area contributed by atoms with Gasteiger partial charge in [0, 0.05) is 12.3 Å². The molecule has 0 N–H and O–H groups in total. The summed E-state index contributed by atoms with van der Waals surface area (Å²) in [6.45, 7) is 0.247. The molecule has 0 atom stereocenters. The maximum absolute atomic E-state index is 12.2. The van der Waals surface area contributed by atoms with Crippen molar-refractivity contribution in [1.29, 1.82) is 0 Å². The highest BCUT2D eigenvalue weighted by Gasteiger charge is 2.25. The van der Waals surface area contributed by atoms with E-state index in [1.54, 1.807) is 47.5 Å². The van der Waals surface area contributed by atoms with Crippen LogP contribution in [0.2, 0.25) is 0 Å². The van der Waals surface area contributed by atoms with Gasteiger partial charge in [-0.1, -0.05) is 18.2 Å². The first-order valence-corrected chi connectivity index (χ1v) is 8.62. The van der Waals surface area contributed by atoms with Crippen molar-refractivity contribution in [3.63, 3.8) is 0 Å². The van der Waals surface area contributed by atoms with Gasteiger partial charge in [-0.3, -0.25) is 9.20 Å². The van der Waals surface area contributed by atoms with E-state index in [-0.39, 0.29) is 17.0 Å². The van der Waals surface area contributed by atoms with Crippen LogP contribution in [0.5, 0.6) is 0 Å². The SMILES string of the molecule is O=c1cc(CN2C=NS(=O)(=O)c3ccccc32)nc2ccccn12. The summed E-state index contributed by atoms with van der Waals surface area (Å²) in [6.07, 6.45) is 2.91. The topological polar surface area (TPSA) is 84.1 Å². The van der Waals surface area contributed by atoms with Gasteiger partial charge in [-0.2, -0.15) is 8.42 Å². The lowest BCUT2D eigenvalue weighted by Gasteiger charge is -2.24. The third-order valence-corrected chi connectivity index (χ3v) is 5.01. The fraction of sp³-hybridized carbons (Fsp3) is 0.0625. The Morgan fingerprint density at radius 2 is 1.83 bits per heavy atom. The highest BCUT2D eigenvalue weighted by Crippen LogP contribution is 2.29. The molecule has 1 aliphatic heterocycles. The highest BCUT2D eigenvalue weighted by atomic mass is 32.2.